The van der Waals surface area contributed by atoms with Gasteiger partial charge in [0.2, 0.25) is 5.91 Å². The summed E-state index contributed by atoms with van der Waals surface area (Å²) in [6, 6.07) is 0. The van der Waals surface area contributed by atoms with Crippen LogP contribution in [0.3, 0.4) is 0 Å². The molecule has 0 aliphatic heterocycles. The number of hydrogen-bond donors (Lipinski definition) is 1. The second-order valence-electron chi connectivity index (χ2n) is 7.39. The first-order valence-electron chi connectivity index (χ1n) is 7.75. The van der Waals surface area contributed by atoms with Crippen LogP contribution < -0.4 is 5.32 Å². The van der Waals surface area contributed by atoms with Gasteiger partial charge in [-0.1, -0.05) is 6.42 Å². The summed E-state index contributed by atoms with van der Waals surface area (Å²) in [5.41, 5.74) is -2.30. The number of rotatable bonds is 5. The van der Waals surface area contributed by atoms with Crippen molar-refractivity contribution in [2.75, 3.05) is 13.7 Å². The maximum absolute atomic E-state index is 12.5. The Labute approximate surface area is 130 Å². The largest absolute Gasteiger partial charge is 0.469 e. The molecule has 0 aromatic rings. The van der Waals surface area contributed by atoms with Gasteiger partial charge in [-0.15, -0.1) is 0 Å². The Hall–Kier alpha value is -1.59. The third-order valence-electron chi connectivity index (χ3n) is 4.49. The Kier molecular flexibility index (Phi) is 4.24. The van der Waals surface area contributed by atoms with Crippen molar-refractivity contribution in [1.29, 1.82) is 0 Å². The summed E-state index contributed by atoms with van der Waals surface area (Å²) in [6.45, 7) is 5.58. The Morgan fingerprint density at radius 3 is 2.00 bits per heavy atom. The van der Waals surface area contributed by atoms with Crippen LogP contribution in [0.5, 0.6) is 0 Å². The highest BCUT2D eigenvalue weighted by atomic mass is 16.6. The van der Waals surface area contributed by atoms with E-state index in [2.05, 4.69) is 5.32 Å². The van der Waals surface area contributed by atoms with Gasteiger partial charge in [0.05, 0.1) is 12.5 Å². The average molecular weight is 311 g/mol. The van der Waals surface area contributed by atoms with Gasteiger partial charge in [-0.2, -0.15) is 0 Å². The smallest absolute Gasteiger partial charge is 0.322 e. The Balaban J connectivity index is 1.98. The van der Waals surface area contributed by atoms with Gasteiger partial charge in [0.15, 0.2) is 0 Å². The molecule has 2 aliphatic rings. The fourth-order valence-electron chi connectivity index (χ4n) is 2.67. The molecule has 1 N–H and O–H groups in total. The summed E-state index contributed by atoms with van der Waals surface area (Å²) in [7, 11) is 1.35. The molecule has 0 heterocycles. The van der Waals surface area contributed by atoms with Crippen molar-refractivity contribution in [2.24, 2.45) is 10.8 Å². The minimum absolute atomic E-state index is 0.225. The number of methoxy groups -OCH3 is 1. The van der Waals surface area contributed by atoms with E-state index in [1.807, 2.05) is 0 Å². The highest BCUT2D eigenvalue weighted by Crippen LogP contribution is 2.47. The van der Waals surface area contributed by atoms with Crippen molar-refractivity contribution < 1.29 is 23.9 Å². The third kappa shape index (κ3) is 3.10. The van der Waals surface area contributed by atoms with Gasteiger partial charge in [0, 0.05) is 6.54 Å². The van der Waals surface area contributed by atoms with Crippen molar-refractivity contribution in [3.63, 3.8) is 0 Å². The Morgan fingerprint density at radius 2 is 1.64 bits per heavy atom. The SMILES string of the molecule is COC(=O)C1(CNC(=O)C2(C(=O)OC(C)(C)C)CCC2)CC1. The van der Waals surface area contributed by atoms with E-state index in [-0.39, 0.29) is 18.4 Å². The first-order chi connectivity index (χ1) is 10.2. The van der Waals surface area contributed by atoms with Crippen LogP contribution in [0, 0.1) is 10.8 Å². The molecule has 22 heavy (non-hydrogen) atoms. The summed E-state index contributed by atoms with van der Waals surface area (Å²) in [4.78, 5) is 36.6. The van der Waals surface area contributed by atoms with E-state index in [0.29, 0.717) is 25.7 Å². The van der Waals surface area contributed by atoms with E-state index in [4.69, 9.17) is 9.47 Å². The van der Waals surface area contributed by atoms with Gasteiger partial charge < -0.3 is 14.8 Å². The zero-order valence-corrected chi connectivity index (χ0v) is 13.8. The molecule has 0 radical (unpaired) electrons. The molecule has 0 aromatic heterocycles. The number of ether oxygens (including phenoxy) is 2. The highest BCUT2D eigenvalue weighted by molar-refractivity contribution is 6.04. The summed E-state index contributed by atoms with van der Waals surface area (Å²) in [5, 5.41) is 2.77. The lowest BCUT2D eigenvalue weighted by Gasteiger charge is -2.39. The molecular formula is C16H25NO5. The van der Waals surface area contributed by atoms with Crippen molar-refractivity contribution in [3.05, 3.63) is 0 Å². The van der Waals surface area contributed by atoms with Crippen LogP contribution in [0.4, 0.5) is 0 Å². The zero-order chi connectivity index (χ0) is 16.6. The number of amides is 1. The lowest BCUT2D eigenvalue weighted by atomic mass is 9.68. The van der Waals surface area contributed by atoms with Crippen LogP contribution in [-0.4, -0.2) is 37.1 Å². The predicted molar refractivity (Wildman–Crippen MR) is 78.8 cm³/mol. The Bertz CT molecular complexity index is 483. The van der Waals surface area contributed by atoms with Crippen LogP contribution in [0.15, 0.2) is 0 Å². The molecular weight excluding hydrogens is 286 g/mol. The number of carbonyl (C=O) groups excluding carboxylic acids is 3. The van der Waals surface area contributed by atoms with Crippen LogP contribution >= 0.6 is 0 Å². The van der Waals surface area contributed by atoms with Gasteiger partial charge in [0.25, 0.3) is 0 Å². The molecule has 0 atom stereocenters. The average Bonchev–Trinajstić information content (AvgIpc) is 3.13. The standard InChI is InChI=1S/C16H25NO5/c1-14(2,3)22-13(20)16(6-5-7-16)11(18)17-10-15(8-9-15)12(19)21-4/h5-10H2,1-4H3,(H,17,18). The summed E-state index contributed by atoms with van der Waals surface area (Å²) < 4.78 is 10.2. The quantitative estimate of drug-likeness (QED) is 0.615. The summed E-state index contributed by atoms with van der Waals surface area (Å²) in [5.74, 6) is -1.09. The molecule has 6 heteroatoms. The molecule has 2 aliphatic carbocycles. The molecule has 2 fully saturated rings. The van der Waals surface area contributed by atoms with E-state index in [1.165, 1.54) is 7.11 Å². The lowest BCUT2D eigenvalue weighted by Crippen LogP contribution is -2.54. The fraction of sp³-hybridized carbons (Fsp3) is 0.812. The molecule has 0 saturated heterocycles. The summed E-state index contributed by atoms with van der Waals surface area (Å²) >= 11 is 0. The van der Waals surface area contributed by atoms with E-state index in [1.54, 1.807) is 20.8 Å². The van der Waals surface area contributed by atoms with E-state index in [0.717, 1.165) is 6.42 Å². The lowest BCUT2D eigenvalue weighted by molar-refractivity contribution is -0.177. The van der Waals surface area contributed by atoms with Gasteiger partial charge in [-0.3, -0.25) is 14.4 Å². The van der Waals surface area contributed by atoms with E-state index >= 15 is 0 Å². The normalized spacial score (nSPS) is 21.3. The van der Waals surface area contributed by atoms with Gasteiger partial charge in [-0.05, 0) is 46.5 Å². The second kappa shape index (κ2) is 5.56. The molecule has 0 unspecified atom stereocenters. The molecule has 2 saturated carbocycles. The fourth-order valence-corrected chi connectivity index (χ4v) is 2.67. The van der Waals surface area contributed by atoms with Gasteiger partial charge in [-0.25, -0.2) is 0 Å². The second-order valence-corrected chi connectivity index (χ2v) is 7.39. The van der Waals surface area contributed by atoms with E-state index in [9.17, 15) is 14.4 Å². The topological polar surface area (TPSA) is 81.7 Å². The molecule has 124 valence electrons. The van der Waals surface area contributed by atoms with E-state index < -0.39 is 22.4 Å². The van der Waals surface area contributed by atoms with Crippen LogP contribution in [-0.2, 0) is 23.9 Å². The van der Waals surface area contributed by atoms with Crippen molar-refractivity contribution in [3.8, 4) is 0 Å². The Morgan fingerprint density at radius 1 is 1.05 bits per heavy atom. The minimum atomic E-state index is -1.08. The molecule has 1 amide bonds. The predicted octanol–water partition coefficient (Wildman–Crippen LogP) is 1.57. The monoisotopic (exact) mass is 311 g/mol. The van der Waals surface area contributed by atoms with Crippen molar-refractivity contribution in [1.82, 2.24) is 5.32 Å². The van der Waals surface area contributed by atoms with Gasteiger partial charge >= 0.3 is 11.9 Å². The number of nitrogens with one attached hydrogen (secondary N) is 1. The van der Waals surface area contributed by atoms with Gasteiger partial charge in [0.1, 0.15) is 11.0 Å². The maximum Gasteiger partial charge on any atom is 0.322 e. The minimum Gasteiger partial charge on any atom is -0.469 e. The van der Waals surface area contributed by atoms with Crippen LogP contribution in [0.2, 0.25) is 0 Å². The maximum atomic E-state index is 12.5. The van der Waals surface area contributed by atoms with Crippen molar-refractivity contribution >= 4 is 17.8 Å². The number of esters is 2. The molecule has 0 spiro atoms. The first kappa shape index (κ1) is 16.8. The first-order valence-corrected chi connectivity index (χ1v) is 7.75. The number of carbonyl (C=O) groups is 3. The highest BCUT2D eigenvalue weighted by Gasteiger charge is 2.55. The molecule has 0 bridgehead atoms. The molecule has 0 aromatic carbocycles. The number of hydrogen-bond acceptors (Lipinski definition) is 5. The van der Waals surface area contributed by atoms with Crippen LogP contribution in [0.1, 0.15) is 52.9 Å². The summed E-state index contributed by atoms with van der Waals surface area (Å²) in [6.07, 6.45) is 3.24. The third-order valence-corrected chi connectivity index (χ3v) is 4.49. The van der Waals surface area contributed by atoms with Crippen molar-refractivity contribution in [2.45, 2.75) is 58.5 Å². The molecule has 2 rings (SSSR count). The van der Waals surface area contributed by atoms with Crippen LogP contribution in [0.25, 0.3) is 0 Å². The zero-order valence-electron chi connectivity index (χ0n) is 13.8. The molecule has 6 nitrogen and oxygen atoms in total.